The predicted octanol–water partition coefficient (Wildman–Crippen LogP) is 2.72. The minimum absolute atomic E-state index is 0.215. The summed E-state index contributed by atoms with van der Waals surface area (Å²) in [7, 11) is 0. The molecule has 1 aliphatic heterocycles. The first-order chi connectivity index (χ1) is 7.00. The van der Waals surface area contributed by atoms with E-state index in [9.17, 15) is 4.79 Å². The maximum atomic E-state index is 11.5. The fourth-order valence-electron chi connectivity index (χ4n) is 2.20. The molecule has 1 atom stereocenters. The number of rotatable bonds is 5. The highest BCUT2D eigenvalue weighted by Crippen LogP contribution is 2.23. The molecule has 1 rings (SSSR count). The van der Waals surface area contributed by atoms with Gasteiger partial charge in [-0.15, -0.1) is 0 Å². The van der Waals surface area contributed by atoms with Crippen molar-refractivity contribution in [3.05, 3.63) is 0 Å². The van der Waals surface area contributed by atoms with E-state index in [0.29, 0.717) is 11.8 Å². The van der Waals surface area contributed by atoms with Gasteiger partial charge in [-0.2, -0.15) is 0 Å². The molecular weight excluding hydrogens is 186 g/mol. The van der Waals surface area contributed by atoms with Crippen LogP contribution in [0.25, 0.3) is 0 Å². The van der Waals surface area contributed by atoms with Crippen molar-refractivity contribution in [2.24, 2.45) is 11.8 Å². The van der Waals surface area contributed by atoms with E-state index in [1.54, 1.807) is 0 Å². The largest absolute Gasteiger partial charge is 0.301 e. The molecule has 0 aliphatic carbocycles. The highest BCUT2D eigenvalue weighted by molar-refractivity contribution is 5.80. The molecule has 0 bridgehead atoms. The molecule has 0 amide bonds. The van der Waals surface area contributed by atoms with Crippen molar-refractivity contribution in [1.29, 1.82) is 0 Å². The monoisotopic (exact) mass is 211 g/mol. The third-order valence-corrected chi connectivity index (χ3v) is 3.49. The van der Waals surface area contributed by atoms with E-state index in [2.05, 4.69) is 18.7 Å². The van der Waals surface area contributed by atoms with Gasteiger partial charge in [0.2, 0.25) is 0 Å². The van der Waals surface area contributed by atoms with Gasteiger partial charge >= 0.3 is 0 Å². The van der Waals surface area contributed by atoms with Gasteiger partial charge in [0.05, 0.1) is 0 Å². The smallest absolute Gasteiger partial charge is 0.135 e. The lowest BCUT2D eigenvalue weighted by Gasteiger charge is -2.20. The first-order valence-corrected chi connectivity index (χ1v) is 6.27. The van der Waals surface area contributed by atoms with E-state index in [1.807, 2.05) is 13.8 Å². The number of carbonyl (C=O) groups is 1. The molecule has 2 heteroatoms. The van der Waals surface area contributed by atoms with Crippen molar-refractivity contribution in [2.45, 2.75) is 53.0 Å². The van der Waals surface area contributed by atoms with Gasteiger partial charge in [0.15, 0.2) is 0 Å². The standard InChI is InChI=1S/C13H25NO/c1-10(2)13(15)6-5-12-7-8-14(9-12)11(3)4/h10-12H,5-9H2,1-4H3. The second-order valence-corrected chi connectivity index (χ2v) is 5.40. The van der Waals surface area contributed by atoms with Crippen molar-refractivity contribution < 1.29 is 4.79 Å². The van der Waals surface area contributed by atoms with Crippen LogP contribution < -0.4 is 0 Å². The van der Waals surface area contributed by atoms with Gasteiger partial charge in [-0.1, -0.05) is 13.8 Å². The number of Topliss-reactive ketones (excluding diaryl/α,β-unsaturated/α-hetero) is 1. The van der Waals surface area contributed by atoms with Gasteiger partial charge in [0, 0.05) is 24.9 Å². The van der Waals surface area contributed by atoms with Crippen molar-refractivity contribution in [3.63, 3.8) is 0 Å². The summed E-state index contributed by atoms with van der Waals surface area (Å²) in [6.45, 7) is 10.9. The van der Waals surface area contributed by atoms with Gasteiger partial charge in [0.1, 0.15) is 5.78 Å². The van der Waals surface area contributed by atoms with E-state index < -0.39 is 0 Å². The molecule has 1 unspecified atom stereocenters. The molecule has 2 nitrogen and oxygen atoms in total. The normalized spacial score (nSPS) is 22.9. The molecule has 0 spiro atoms. The van der Waals surface area contributed by atoms with Gasteiger partial charge in [0.25, 0.3) is 0 Å². The fourth-order valence-corrected chi connectivity index (χ4v) is 2.20. The topological polar surface area (TPSA) is 20.3 Å². The maximum absolute atomic E-state index is 11.5. The van der Waals surface area contributed by atoms with Gasteiger partial charge in [-0.05, 0) is 39.2 Å². The van der Waals surface area contributed by atoms with Crippen molar-refractivity contribution in [2.75, 3.05) is 13.1 Å². The Hall–Kier alpha value is -0.370. The minimum Gasteiger partial charge on any atom is -0.301 e. The Kier molecular flexibility index (Phi) is 4.78. The number of ketones is 1. The molecule has 0 radical (unpaired) electrons. The number of hydrogen-bond acceptors (Lipinski definition) is 2. The van der Waals surface area contributed by atoms with Gasteiger partial charge in [-0.25, -0.2) is 0 Å². The summed E-state index contributed by atoms with van der Waals surface area (Å²) in [4.78, 5) is 14.0. The Balaban J connectivity index is 2.22. The molecule has 0 aromatic heterocycles. The first kappa shape index (κ1) is 12.7. The zero-order valence-corrected chi connectivity index (χ0v) is 10.6. The highest BCUT2D eigenvalue weighted by Gasteiger charge is 2.24. The van der Waals surface area contributed by atoms with Crippen LogP contribution in [0.1, 0.15) is 47.0 Å². The number of hydrogen-bond donors (Lipinski definition) is 0. The average molecular weight is 211 g/mol. The van der Waals surface area contributed by atoms with Crippen molar-refractivity contribution in [3.8, 4) is 0 Å². The lowest BCUT2D eigenvalue weighted by molar-refractivity contribution is -0.122. The molecule has 1 saturated heterocycles. The van der Waals surface area contributed by atoms with Crippen LogP contribution in [0.15, 0.2) is 0 Å². The Morgan fingerprint density at radius 1 is 1.33 bits per heavy atom. The lowest BCUT2D eigenvalue weighted by atomic mass is 9.97. The number of nitrogens with zero attached hydrogens (tertiary/aromatic N) is 1. The summed E-state index contributed by atoms with van der Waals surface area (Å²) in [6.07, 6.45) is 3.16. The summed E-state index contributed by atoms with van der Waals surface area (Å²) < 4.78 is 0. The summed E-state index contributed by atoms with van der Waals surface area (Å²) >= 11 is 0. The average Bonchev–Trinajstić information content (AvgIpc) is 2.62. The molecule has 1 aliphatic rings. The molecule has 88 valence electrons. The van der Waals surface area contributed by atoms with Crippen molar-refractivity contribution in [1.82, 2.24) is 4.90 Å². The van der Waals surface area contributed by atoms with E-state index in [1.165, 1.54) is 19.5 Å². The van der Waals surface area contributed by atoms with Crippen LogP contribution in [0.2, 0.25) is 0 Å². The molecule has 0 N–H and O–H groups in total. The molecular formula is C13H25NO. The van der Waals surface area contributed by atoms with E-state index in [0.717, 1.165) is 18.8 Å². The third-order valence-electron chi connectivity index (χ3n) is 3.49. The minimum atomic E-state index is 0.215. The SMILES string of the molecule is CC(C)C(=O)CCC1CCN(C(C)C)C1. The zero-order chi connectivity index (χ0) is 11.4. The predicted molar refractivity (Wildman–Crippen MR) is 63.9 cm³/mol. The molecule has 0 aromatic rings. The van der Waals surface area contributed by atoms with Crippen LogP contribution in [0.3, 0.4) is 0 Å². The van der Waals surface area contributed by atoms with Crippen LogP contribution in [0, 0.1) is 11.8 Å². The number of carbonyl (C=O) groups excluding carboxylic acids is 1. The number of likely N-dealkylation sites (tertiary alicyclic amines) is 1. The molecule has 1 fully saturated rings. The van der Waals surface area contributed by atoms with Crippen LogP contribution >= 0.6 is 0 Å². The highest BCUT2D eigenvalue weighted by atomic mass is 16.1. The molecule has 15 heavy (non-hydrogen) atoms. The first-order valence-electron chi connectivity index (χ1n) is 6.27. The Labute approximate surface area is 94.0 Å². The summed E-state index contributed by atoms with van der Waals surface area (Å²) in [6, 6.07) is 0.663. The Morgan fingerprint density at radius 2 is 2.00 bits per heavy atom. The van der Waals surface area contributed by atoms with E-state index in [4.69, 9.17) is 0 Å². The zero-order valence-electron chi connectivity index (χ0n) is 10.6. The van der Waals surface area contributed by atoms with Crippen LogP contribution in [-0.4, -0.2) is 29.8 Å². The van der Waals surface area contributed by atoms with Crippen molar-refractivity contribution >= 4 is 5.78 Å². The maximum Gasteiger partial charge on any atom is 0.135 e. The van der Waals surface area contributed by atoms with Crippen LogP contribution in [0.5, 0.6) is 0 Å². The Morgan fingerprint density at radius 3 is 2.47 bits per heavy atom. The second kappa shape index (κ2) is 5.64. The van der Waals surface area contributed by atoms with Gasteiger partial charge < -0.3 is 4.90 Å². The summed E-state index contributed by atoms with van der Waals surface area (Å²) in [5.41, 5.74) is 0. The molecule has 0 aromatic carbocycles. The lowest BCUT2D eigenvalue weighted by Crippen LogP contribution is -2.28. The molecule has 0 saturated carbocycles. The van der Waals surface area contributed by atoms with Crippen LogP contribution in [-0.2, 0) is 4.79 Å². The van der Waals surface area contributed by atoms with Crippen LogP contribution in [0.4, 0.5) is 0 Å². The Bertz CT molecular complexity index is 211. The summed E-state index contributed by atoms with van der Waals surface area (Å²) in [5, 5.41) is 0. The quantitative estimate of drug-likeness (QED) is 0.697. The van der Waals surface area contributed by atoms with E-state index >= 15 is 0 Å². The van der Waals surface area contributed by atoms with E-state index in [-0.39, 0.29) is 5.92 Å². The summed E-state index contributed by atoms with van der Waals surface area (Å²) in [5.74, 6) is 1.40. The molecule has 1 heterocycles. The fraction of sp³-hybridized carbons (Fsp3) is 0.923. The second-order valence-electron chi connectivity index (χ2n) is 5.40. The van der Waals surface area contributed by atoms with Gasteiger partial charge in [-0.3, -0.25) is 4.79 Å². The third kappa shape index (κ3) is 3.94.